The Balaban J connectivity index is 2.54. The van der Waals surface area contributed by atoms with Gasteiger partial charge in [0.15, 0.2) is 12.9 Å². The Hall–Kier alpha value is -2.54. The van der Waals surface area contributed by atoms with Gasteiger partial charge in [0.2, 0.25) is 5.88 Å². The highest BCUT2D eigenvalue weighted by Gasteiger charge is 2.16. The van der Waals surface area contributed by atoms with Crippen molar-refractivity contribution in [3.05, 3.63) is 41.6 Å². The van der Waals surface area contributed by atoms with E-state index in [9.17, 15) is 4.79 Å². The van der Waals surface area contributed by atoms with E-state index in [1.165, 1.54) is 0 Å². The number of hydrogen-bond donors (Lipinski definition) is 0. The molecule has 90 valence electrons. The molecule has 18 heavy (non-hydrogen) atoms. The number of nitrogens with zero attached hydrogens (tertiary/aromatic N) is 2. The van der Waals surface area contributed by atoms with Crippen LogP contribution in [0.25, 0.3) is 5.69 Å². The van der Waals surface area contributed by atoms with Crippen LogP contribution in [0.4, 0.5) is 0 Å². The fraction of sp³-hybridized carbons (Fsp3) is 0.143. The first-order valence-electron chi connectivity index (χ1n) is 5.44. The van der Waals surface area contributed by atoms with Crippen molar-refractivity contribution < 1.29 is 9.53 Å². The van der Waals surface area contributed by atoms with Crippen LogP contribution in [0.15, 0.2) is 30.3 Å². The standard InChI is InChI=1S/C14H12N2O2/c1-3-9-18-14-13(10-17)11(2)15-16(14)12-7-5-4-6-8-12/h1,4-8,10H,9H2,2H3. The summed E-state index contributed by atoms with van der Waals surface area (Å²) in [5, 5.41) is 4.30. The number of carbonyl (C=O) groups is 1. The average molecular weight is 240 g/mol. The molecule has 0 spiro atoms. The summed E-state index contributed by atoms with van der Waals surface area (Å²) in [4.78, 5) is 11.1. The molecular weight excluding hydrogens is 228 g/mol. The molecule has 0 amide bonds. The highest BCUT2D eigenvalue weighted by Crippen LogP contribution is 2.24. The van der Waals surface area contributed by atoms with Crippen LogP contribution in [0.1, 0.15) is 16.1 Å². The van der Waals surface area contributed by atoms with Gasteiger partial charge in [-0.3, -0.25) is 4.79 Å². The van der Waals surface area contributed by atoms with Crippen LogP contribution in [0.3, 0.4) is 0 Å². The Morgan fingerprint density at radius 1 is 1.44 bits per heavy atom. The highest BCUT2D eigenvalue weighted by atomic mass is 16.5. The van der Waals surface area contributed by atoms with Crippen LogP contribution in [0.2, 0.25) is 0 Å². The molecule has 0 aliphatic carbocycles. The Morgan fingerprint density at radius 3 is 2.78 bits per heavy atom. The van der Waals surface area contributed by atoms with Gasteiger partial charge in [-0.15, -0.1) is 6.42 Å². The molecule has 0 unspecified atom stereocenters. The van der Waals surface area contributed by atoms with E-state index in [2.05, 4.69) is 11.0 Å². The van der Waals surface area contributed by atoms with Crippen LogP contribution < -0.4 is 4.74 Å². The Morgan fingerprint density at radius 2 is 2.17 bits per heavy atom. The zero-order valence-corrected chi connectivity index (χ0v) is 9.96. The summed E-state index contributed by atoms with van der Waals surface area (Å²) in [5.74, 6) is 2.76. The van der Waals surface area contributed by atoms with Gasteiger partial charge < -0.3 is 4.74 Å². The lowest BCUT2D eigenvalue weighted by Crippen LogP contribution is -2.04. The number of hydrogen-bond acceptors (Lipinski definition) is 3. The molecule has 0 atom stereocenters. The zero-order chi connectivity index (χ0) is 13.0. The summed E-state index contributed by atoms with van der Waals surface area (Å²) < 4.78 is 7.00. The second kappa shape index (κ2) is 5.19. The molecule has 1 aromatic carbocycles. The van der Waals surface area contributed by atoms with Crippen molar-refractivity contribution in [3.63, 3.8) is 0 Å². The van der Waals surface area contributed by atoms with Gasteiger partial charge in [-0.05, 0) is 19.1 Å². The van der Waals surface area contributed by atoms with Gasteiger partial charge in [-0.2, -0.15) is 5.10 Å². The van der Waals surface area contributed by atoms with Crippen LogP contribution >= 0.6 is 0 Å². The smallest absolute Gasteiger partial charge is 0.228 e. The van der Waals surface area contributed by atoms with Crippen molar-refractivity contribution in [1.29, 1.82) is 0 Å². The minimum atomic E-state index is 0.0960. The minimum absolute atomic E-state index is 0.0960. The third-order valence-electron chi connectivity index (χ3n) is 2.47. The summed E-state index contributed by atoms with van der Waals surface area (Å²) in [7, 11) is 0. The van der Waals surface area contributed by atoms with Crippen LogP contribution in [0, 0.1) is 19.3 Å². The lowest BCUT2D eigenvalue weighted by molar-refractivity contribution is 0.111. The largest absolute Gasteiger partial charge is 0.464 e. The SMILES string of the molecule is C#CCOc1c(C=O)c(C)nn1-c1ccccc1. The van der Waals surface area contributed by atoms with Gasteiger partial charge in [0.1, 0.15) is 0 Å². The molecule has 0 saturated heterocycles. The molecule has 0 aliphatic rings. The van der Waals surface area contributed by atoms with Crippen molar-refractivity contribution in [2.75, 3.05) is 6.61 Å². The fourth-order valence-corrected chi connectivity index (χ4v) is 1.65. The first kappa shape index (κ1) is 11.9. The number of rotatable bonds is 4. The van der Waals surface area contributed by atoms with E-state index in [0.29, 0.717) is 17.1 Å². The predicted molar refractivity (Wildman–Crippen MR) is 68.0 cm³/mol. The predicted octanol–water partition coefficient (Wildman–Crippen LogP) is 2.01. The molecular formula is C14H12N2O2. The number of aromatic nitrogens is 2. The van der Waals surface area contributed by atoms with E-state index in [-0.39, 0.29) is 6.61 Å². The zero-order valence-electron chi connectivity index (χ0n) is 9.96. The van der Waals surface area contributed by atoms with Crippen LogP contribution in [-0.4, -0.2) is 22.7 Å². The molecule has 1 aromatic heterocycles. The number of ether oxygens (including phenoxy) is 1. The molecule has 0 fully saturated rings. The highest BCUT2D eigenvalue weighted by molar-refractivity contribution is 5.80. The van der Waals surface area contributed by atoms with E-state index < -0.39 is 0 Å². The molecule has 1 heterocycles. The molecule has 0 aliphatic heterocycles. The Labute approximate surface area is 105 Å². The monoisotopic (exact) mass is 240 g/mol. The Kier molecular flexibility index (Phi) is 3.44. The summed E-state index contributed by atoms with van der Waals surface area (Å²) in [6.07, 6.45) is 5.90. The third-order valence-corrected chi connectivity index (χ3v) is 2.47. The third kappa shape index (κ3) is 2.11. The van der Waals surface area contributed by atoms with Gasteiger partial charge in [-0.1, -0.05) is 24.1 Å². The molecule has 2 aromatic rings. The molecule has 0 bridgehead atoms. The maximum atomic E-state index is 11.1. The average Bonchev–Trinajstić information content (AvgIpc) is 2.73. The van der Waals surface area contributed by atoms with Crippen LogP contribution in [0.5, 0.6) is 5.88 Å². The molecule has 0 saturated carbocycles. The van der Waals surface area contributed by atoms with Gasteiger partial charge in [0.25, 0.3) is 0 Å². The van der Waals surface area contributed by atoms with Crippen molar-refractivity contribution >= 4 is 6.29 Å². The summed E-state index contributed by atoms with van der Waals surface area (Å²) in [5.41, 5.74) is 1.86. The number of benzene rings is 1. The minimum Gasteiger partial charge on any atom is -0.464 e. The van der Waals surface area contributed by atoms with E-state index in [1.54, 1.807) is 11.6 Å². The number of aryl methyl sites for hydroxylation is 1. The molecule has 4 heteroatoms. The topological polar surface area (TPSA) is 44.1 Å². The van der Waals surface area contributed by atoms with Crippen molar-refractivity contribution in [2.45, 2.75) is 6.92 Å². The molecule has 4 nitrogen and oxygen atoms in total. The first-order chi connectivity index (χ1) is 8.77. The number of terminal acetylenes is 1. The quantitative estimate of drug-likeness (QED) is 0.606. The summed E-state index contributed by atoms with van der Waals surface area (Å²) >= 11 is 0. The van der Waals surface area contributed by atoms with Gasteiger partial charge >= 0.3 is 0 Å². The lowest BCUT2D eigenvalue weighted by Gasteiger charge is -2.07. The van der Waals surface area contributed by atoms with Gasteiger partial charge in [0, 0.05) is 0 Å². The molecule has 2 rings (SSSR count). The van der Waals surface area contributed by atoms with E-state index in [4.69, 9.17) is 11.2 Å². The van der Waals surface area contributed by atoms with Gasteiger partial charge in [0.05, 0.1) is 16.9 Å². The number of aldehydes is 1. The fourth-order valence-electron chi connectivity index (χ4n) is 1.65. The molecule has 0 radical (unpaired) electrons. The van der Waals surface area contributed by atoms with E-state index in [0.717, 1.165) is 12.0 Å². The van der Waals surface area contributed by atoms with Crippen molar-refractivity contribution in [2.24, 2.45) is 0 Å². The maximum Gasteiger partial charge on any atom is 0.228 e. The Bertz CT molecular complexity index is 594. The molecule has 0 N–H and O–H groups in total. The first-order valence-corrected chi connectivity index (χ1v) is 5.44. The van der Waals surface area contributed by atoms with E-state index >= 15 is 0 Å². The van der Waals surface area contributed by atoms with E-state index in [1.807, 2.05) is 30.3 Å². The normalized spacial score (nSPS) is 9.78. The second-order valence-electron chi connectivity index (χ2n) is 3.66. The number of para-hydroxylation sites is 1. The number of carbonyl (C=O) groups excluding carboxylic acids is 1. The van der Waals surface area contributed by atoms with Crippen molar-refractivity contribution in [3.8, 4) is 23.9 Å². The second-order valence-corrected chi connectivity index (χ2v) is 3.66. The van der Waals surface area contributed by atoms with Crippen molar-refractivity contribution in [1.82, 2.24) is 9.78 Å². The maximum absolute atomic E-state index is 11.1. The lowest BCUT2D eigenvalue weighted by atomic mass is 10.3. The van der Waals surface area contributed by atoms with Crippen LogP contribution in [-0.2, 0) is 0 Å². The summed E-state index contributed by atoms with van der Waals surface area (Å²) in [6.45, 7) is 1.85. The van der Waals surface area contributed by atoms with Gasteiger partial charge in [-0.25, -0.2) is 4.68 Å². The summed E-state index contributed by atoms with van der Waals surface area (Å²) in [6, 6.07) is 9.44.